The van der Waals surface area contributed by atoms with Crippen LogP contribution in [0.15, 0.2) is 24.3 Å². The summed E-state index contributed by atoms with van der Waals surface area (Å²) in [6.45, 7) is 4.68. The number of aryl methyl sites for hydroxylation is 2. The van der Waals surface area contributed by atoms with Gasteiger partial charge in [0.1, 0.15) is 11.4 Å². The SMILES string of the molecule is CCCn1nc(C)c(N)c1Oc1ccc(C#N)cc1. The Labute approximate surface area is 112 Å². The molecule has 5 nitrogen and oxygen atoms in total. The van der Waals surface area contributed by atoms with Crippen molar-refractivity contribution in [3.63, 3.8) is 0 Å². The summed E-state index contributed by atoms with van der Waals surface area (Å²) in [6, 6.07) is 8.98. The molecule has 0 atom stereocenters. The van der Waals surface area contributed by atoms with Crippen LogP contribution in [-0.2, 0) is 6.54 Å². The molecule has 0 amide bonds. The highest BCUT2D eigenvalue weighted by Gasteiger charge is 2.14. The Morgan fingerprint density at radius 1 is 1.37 bits per heavy atom. The summed E-state index contributed by atoms with van der Waals surface area (Å²) in [7, 11) is 0. The molecular formula is C14H16N4O. The quantitative estimate of drug-likeness (QED) is 0.912. The van der Waals surface area contributed by atoms with E-state index in [1.54, 1.807) is 28.9 Å². The van der Waals surface area contributed by atoms with Gasteiger partial charge in [0.15, 0.2) is 0 Å². The fraction of sp³-hybridized carbons (Fsp3) is 0.286. The zero-order chi connectivity index (χ0) is 13.8. The van der Waals surface area contributed by atoms with Gasteiger partial charge in [-0.15, -0.1) is 0 Å². The topological polar surface area (TPSA) is 76.9 Å². The molecule has 2 rings (SSSR count). The van der Waals surface area contributed by atoms with Crippen LogP contribution in [0.3, 0.4) is 0 Å². The molecule has 0 unspecified atom stereocenters. The summed E-state index contributed by atoms with van der Waals surface area (Å²) < 4.78 is 7.55. The van der Waals surface area contributed by atoms with Crippen molar-refractivity contribution in [2.45, 2.75) is 26.8 Å². The van der Waals surface area contributed by atoms with E-state index in [1.807, 2.05) is 6.92 Å². The molecule has 0 aliphatic carbocycles. The monoisotopic (exact) mass is 256 g/mol. The predicted octanol–water partition coefficient (Wildman–Crippen LogP) is 2.85. The van der Waals surface area contributed by atoms with E-state index in [1.165, 1.54) is 0 Å². The van der Waals surface area contributed by atoms with Crippen molar-refractivity contribution < 1.29 is 4.74 Å². The van der Waals surface area contributed by atoms with Gasteiger partial charge in [-0.05, 0) is 37.6 Å². The second kappa shape index (κ2) is 5.44. The van der Waals surface area contributed by atoms with E-state index in [2.05, 4.69) is 18.1 Å². The lowest BCUT2D eigenvalue weighted by Gasteiger charge is -2.08. The fourth-order valence-corrected chi connectivity index (χ4v) is 1.75. The van der Waals surface area contributed by atoms with Gasteiger partial charge >= 0.3 is 0 Å². The van der Waals surface area contributed by atoms with Crippen LogP contribution in [-0.4, -0.2) is 9.78 Å². The van der Waals surface area contributed by atoms with Gasteiger partial charge in [0, 0.05) is 6.54 Å². The molecule has 0 aliphatic rings. The molecular weight excluding hydrogens is 240 g/mol. The van der Waals surface area contributed by atoms with Gasteiger partial charge in [0.2, 0.25) is 5.88 Å². The van der Waals surface area contributed by atoms with Gasteiger partial charge in [-0.3, -0.25) is 0 Å². The van der Waals surface area contributed by atoms with Crippen molar-refractivity contribution in [2.75, 3.05) is 5.73 Å². The van der Waals surface area contributed by atoms with Crippen molar-refractivity contribution in [2.24, 2.45) is 0 Å². The maximum Gasteiger partial charge on any atom is 0.241 e. The van der Waals surface area contributed by atoms with Crippen LogP contribution in [0.2, 0.25) is 0 Å². The average Bonchev–Trinajstić information content (AvgIpc) is 2.68. The number of rotatable bonds is 4. The Balaban J connectivity index is 2.29. The Morgan fingerprint density at radius 2 is 2.05 bits per heavy atom. The van der Waals surface area contributed by atoms with E-state index in [9.17, 15) is 0 Å². The molecule has 0 saturated heterocycles. The zero-order valence-electron chi connectivity index (χ0n) is 11.1. The largest absolute Gasteiger partial charge is 0.437 e. The van der Waals surface area contributed by atoms with Crippen molar-refractivity contribution >= 4 is 5.69 Å². The Morgan fingerprint density at radius 3 is 2.63 bits per heavy atom. The van der Waals surface area contributed by atoms with Crippen LogP contribution in [0, 0.1) is 18.3 Å². The Hall–Kier alpha value is -2.48. The summed E-state index contributed by atoms with van der Waals surface area (Å²) in [4.78, 5) is 0. The predicted molar refractivity (Wildman–Crippen MR) is 72.9 cm³/mol. The van der Waals surface area contributed by atoms with Crippen molar-refractivity contribution in [1.82, 2.24) is 9.78 Å². The highest BCUT2D eigenvalue weighted by molar-refractivity contribution is 5.54. The third-order valence-electron chi connectivity index (χ3n) is 2.76. The zero-order valence-corrected chi connectivity index (χ0v) is 11.1. The first-order valence-electron chi connectivity index (χ1n) is 6.16. The number of benzene rings is 1. The summed E-state index contributed by atoms with van der Waals surface area (Å²) in [5, 5.41) is 13.1. The van der Waals surface area contributed by atoms with Crippen LogP contribution >= 0.6 is 0 Å². The minimum absolute atomic E-state index is 0.554. The molecule has 1 heterocycles. The number of hydrogen-bond acceptors (Lipinski definition) is 4. The van der Waals surface area contributed by atoms with E-state index < -0.39 is 0 Å². The highest BCUT2D eigenvalue weighted by Crippen LogP contribution is 2.30. The lowest BCUT2D eigenvalue weighted by molar-refractivity contribution is 0.410. The number of anilines is 1. The van der Waals surface area contributed by atoms with Gasteiger partial charge in [-0.1, -0.05) is 6.92 Å². The van der Waals surface area contributed by atoms with Gasteiger partial charge in [-0.25, -0.2) is 4.68 Å². The smallest absolute Gasteiger partial charge is 0.241 e. The molecule has 1 aromatic heterocycles. The molecule has 1 aromatic carbocycles. The standard InChI is InChI=1S/C14H16N4O/c1-3-8-18-14(13(16)10(2)17-18)19-12-6-4-11(9-15)5-7-12/h4-7H,3,8,16H2,1-2H3. The summed E-state index contributed by atoms with van der Waals surface area (Å²) >= 11 is 0. The molecule has 19 heavy (non-hydrogen) atoms. The second-order valence-electron chi connectivity index (χ2n) is 4.27. The molecule has 2 aromatic rings. The maximum absolute atomic E-state index is 8.75. The van der Waals surface area contributed by atoms with E-state index in [0.717, 1.165) is 18.7 Å². The van der Waals surface area contributed by atoms with Crippen molar-refractivity contribution in [3.8, 4) is 17.7 Å². The third-order valence-corrected chi connectivity index (χ3v) is 2.76. The minimum Gasteiger partial charge on any atom is -0.437 e. The number of nitrogen functional groups attached to an aromatic ring is 1. The molecule has 0 bridgehead atoms. The lowest BCUT2D eigenvalue weighted by Crippen LogP contribution is -2.02. The number of ether oxygens (including phenoxy) is 1. The van der Waals surface area contributed by atoms with Crippen molar-refractivity contribution in [1.29, 1.82) is 5.26 Å². The maximum atomic E-state index is 8.75. The number of nitriles is 1. The minimum atomic E-state index is 0.554. The molecule has 5 heteroatoms. The van der Waals surface area contributed by atoms with Crippen LogP contribution in [0.4, 0.5) is 5.69 Å². The van der Waals surface area contributed by atoms with Crippen LogP contribution in [0.5, 0.6) is 11.6 Å². The van der Waals surface area contributed by atoms with Crippen LogP contribution < -0.4 is 10.5 Å². The summed E-state index contributed by atoms with van der Waals surface area (Å²) in [5.41, 5.74) is 7.89. The number of nitrogens with zero attached hydrogens (tertiary/aromatic N) is 3. The first-order valence-corrected chi connectivity index (χ1v) is 6.16. The first-order chi connectivity index (χ1) is 9.15. The van der Waals surface area contributed by atoms with Crippen LogP contribution in [0.1, 0.15) is 24.6 Å². The fourth-order valence-electron chi connectivity index (χ4n) is 1.75. The number of aromatic nitrogens is 2. The van der Waals surface area contributed by atoms with E-state index in [-0.39, 0.29) is 0 Å². The molecule has 0 radical (unpaired) electrons. The van der Waals surface area contributed by atoms with Gasteiger partial charge in [0.05, 0.1) is 17.3 Å². The van der Waals surface area contributed by atoms with Crippen LogP contribution in [0.25, 0.3) is 0 Å². The summed E-state index contributed by atoms with van der Waals surface area (Å²) in [5.74, 6) is 1.20. The van der Waals surface area contributed by atoms with E-state index in [4.69, 9.17) is 15.7 Å². The number of hydrogen-bond donors (Lipinski definition) is 1. The molecule has 98 valence electrons. The molecule has 2 N–H and O–H groups in total. The Bertz CT molecular complexity index is 608. The second-order valence-corrected chi connectivity index (χ2v) is 4.27. The average molecular weight is 256 g/mol. The van der Waals surface area contributed by atoms with Crippen molar-refractivity contribution in [3.05, 3.63) is 35.5 Å². The first kappa shape index (κ1) is 13.0. The Kier molecular flexibility index (Phi) is 3.71. The molecule has 0 fully saturated rings. The molecule has 0 aliphatic heterocycles. The molecule has 0 saturated carbocycles. The molecule has 0 spiro atoms. The normalized spacial score (nSPS) is 10.2. The number of nitrogens with two attached hydrogens (primary N) is 1. The summed E-state index contributed by atoms with van der Waals surface area (Å²) in [6.07, 6.45) is 0.949. The van der Waals surface area contributed by atoms with E-state index in [0.29, 0.717) is 22.9 Å². The lowest BCUT2D eigenvalue weighted by atomic mass is 10.2. The third kappa shape index (κ3) is 2.68. The van der Waals surface area contributed by atoms with E-state index >= 15 is 0 Å². The van der Waals surface area contributed by atoms with Gasteiger partial charge in [0.25, 0.3) is 0 Å². The van der Waals surface area contributed by atoms with Gasteiger partial charge < -0.3 is 10.5 Å². The highest BCUT2D eigenvalue weighted by atomic mass is 16.5. The van der Waals surface area contributed by atoms with Gasteiger partial charge in [-0.2, -0.15) is 10.4 Å².